The Morgan fingerprint density at radius 2 is 1.95 bits per heavy atom. The lowest BCUT2D eigenvalue weighted by atomic mass is 10.2. The van der Waals surface area contributed by atoms with Crippen molar-refractivity contribution in [2.45, 2.75) is 9.79 Å². The molecule has 0 fully saturated rings. The molecular formula is C15H11NO3S. The van der Waals surface area contributed by atoms with Gasteiger partial charge in [0.05, 0.1) is 16.3 Å². The number of amides is 1. The van der Waals surface area contributed by atoms with Crippen molar-refractivity contribution in [2.24, 2.45) is 0 Å². The molecule has 0 bridgehead atoms. The summed E-state index contributed by atoms with van der Waals surface area (Å²) in [7, 11) is 0. The lowest BCUT2D eigenvalue weighted by molar-refractivity contribution is -0.107. The van der Waals surface area contributed by atoms with Crippen molar-refractivity contribution in [2.75, 3.05) is 6.54 Å². The van der Waals surface area contributed by atoms with Crippen LogP contribution in [0, 0.1) is 0 Å². The highest BCUT2D eigenvalue weighted by atomic mass is 32.2. The summed E-state index contributed by atoms with van der Waals surface area (Å²) in [6.07, 6.45) is 0.652. The Morgan fingerprint density at radius 1 is 1.15 bits per heavy atom. The van der Waals surface area contributed by atoms with Crippen LogP contribution in [-0.2, 0) is 4.79 Å². The van der Waals surface area contributed by atoms with E-state index in [4.69, 9.17) is 4.74 Å². The molecule has 0 atom stereocenters. The first-order chi connectivity index (χ1) is 9.78. The second-order valence-corrected chi connectivity index (χ2v) is 5.27. The maximum absolute atomic E-state index is 11.8. The smallest absolute Gasteiger partial charge is 0.251 e. The van der Waals surface area contributed by atoms with Gasteiger partial charge in [0.25, 0.3) is 5.91 Å². The van der Waals surface area contributed by atoms with Gasteiger partial charge in [0.1, 0.15) is 17.8 Å². The molecule has 3 rings (SSSR count). The van der Waals surface area contributed by atoms with E-state index in [1.807, 2.05) is 30.3 Å². The molecule has 1 N–H and O–H groups in total. The number of benzene rings is 2. The average molecular weight is 285 g/mol. The predicted octanol–water partition coefficient (Wildman–Crippen LogP) is 2.87. The molecular weight excluding hydrogens is 274 g/mol. The highest BCUT2D eigenvalue weighted by Gasteiger charge is 2.18. The summed E-state index contributed by atoms with van der Waals surface area (Å²) >= 11 is 1.61. The van der Waals surface area contributed by atoms with Crippen molar-refractivity contribution in [3.63, 3.8) is 0 Å². The molecule has 1 heterocycles. The second-order valence-electron chi connectivity index (χ2n) is 4.19. The minimum atomic E-state index is -0.285. The Balaban J connectivity index is 1.88. The second kappa shape index (κ2) is 5.38. The third kappa shape index (κ3) is 2.40. The van der Waals surface area contributed by atoms with Crippen molar-refractivity contribution >= 4 is 24.0 Å². The Labute approximate surface area is 120 Å². The van der Waals surface area contributed by atoms with E-state index in [9.17, 15) is 9.59 Å². The van der Waals surface area contributed by atoms with Gasteiger partial charge >= 0.3 is 0 Å². The first-order valence-corrected chi connectivity index (χ1v) is 6.90. The van der Waals surface area contributed by atoms with Crippen LogP contribution in [0.15, 0.2) is 52.3 Å². The Morgan fingerprint density at radius 3 is 2.80 bits per heavy atom. The maximum atomic E-state index is 11.8. The van der Waals surface area contributed by atoms with Crippen LogP contribution in [0.2, 0.25) is 0 Å². The van der Waals surface area contributed by atoms with Gasteiger partial charge in [-0.05, 0) is 30.3 Å². The summed E-state index contributed by atoms with van der Waals surface area (Å²) in [5.41, 5.74) is 0.477. The van der Waals surface area contributed by atoms with Crippen LogP contribution in [0.25, 0.3) is 0 Å². The number of hydrogen-bond donors (Lipinski definition) is 1. The molecule has 100 valence electrons. The zero-order valence-electron chi connectivity index (χ0n) is 10.5. The molecule has 0 aromatic heterocycles. The zero-order valence-corrected chi connectivity index (χ0v) is 11.3. The van der Waals surface area contributed by atoms with Crippen LogP contribution >= 0.6 is 11.8 Å². The minimum absolute atomic E-state index is 0.00829. The van der Waals surface area contributed by atoms with E-state index in [2.05, 4.69) is 5.32 Å². The third-order valence-corrected chi connectivity index (χ3v) is 3.96. The van der Waals surface area contributed by atoms with E-state index in [0.717, 1.165) is 15.5 Å². The van der Waals surface area contributed by atoms with Crippen molar-refractivity contribution in [3.8, 4) is 11.5 Å². The molecule has 1 amide bonds. The first kappa shape index (κ1) is 12.7. The largest absolute Gasteiger partial charge is 0.455 e. The third-order valence-electron chi connectivity index (χ3n) is 2.84. The van der Waals surface area contributed by atoms with E-state index >= 15 is 0 Å². The van der Waals surface area contributed by atoms with Crippen molar-refractivity contribution in [1.82, 2.24) is 5.32 Å². The molecule has 0 spiro atoms. The summed E-state index contributed by atoms with van der Waals surface area (Å²) in [5.74, 6) is 1.16. The van der Waals surface area contributed by atoms with Crippen LogP contribution in [0.5, 0.6) is 11.5 Å². The fraction of sp³-hybridized carbons (Fsp3) is 0.0667. The highest BCUT2D eigenvalue weighted by molar-refractivity contribution is 7.99. The van der Waals surface area contributed by atoms with Gasteiger partial charge in [-0.25, -0.2) is 0 Å². The van der Waals surface area contributed by atoms with Crippen LogP contribution in [0.1, 0.15) is 10.4 Å². The number of ether oxygens (including phenoxy) is 1. The molecule has 2 aromatic carbocycles. The van der Waals surface area contributed by atoms with Gasteiger partial charge in [0, 0.05) is 5.56 Å². The summed E-state index contributed by atoms with van der Waals surface area (Å²) in [6, 6.07) is 13.0. The van der Waals surface area contributed by atoms with Gasteiger partial charge in [-0.15, -0.1) is 0 Å². The zero-order chi connectivity index (χ0) is 13.9. The fourth-order valence-corrected chi connectivity index (χ4v) is 2.84. The molecule has 0 radical (unpaired) electrons. The molecule has 0 saturated heterocycles. The van der Waals surface area contributed by atoms with E-state index < -0.39 is 0 Å². The monoisotopic (exact) mass is 285 g/mol. The van der Waals surface area contributed by atoms with Crippen LogP contribution in [0.4, 0.5) is 0 Å². The summed E-state index contributed by atoms with van der Waals surface area (Å²) in [5, 5.41) is 2.51. The molecule has 2 aromatic rings. The normalized spacial score (nSPS) is 11.8. The van der Waals surface area contributed by atoms with Crippen LogP contribution in [0.3, 0.4) is 0 Å². The SMILES string of the molecule is O=CCNC(=O)c1ccc2c(c1)Oc1ccccc1S2. The lowest BCUT2D eigenvalue weighted by Crippen LogP contribution is -2.25. The Kier molecular flexibility index (Phi) is 3.43. The van der Waals surface area contributed by atoms with Crippen molar-refractivity contribution in [1.29, 1.82) is 0 Å². The molecule has 0 unspecified atom stereocenters. The minimum Gasteiger partial charge on any atom is -0.455 e. The average Bonchev–Trinajstić information content (AvgIpc) is 2.50. The van der Waals surface area contributed by atoms with Gasteiger partial charge in [0.2, 0.25) is 0 Å². The summed E-state index contributed by atoms with van der Waals surface area (Å²) < 4.78 is 5.80. The molecule has 5 heteroatoms. The van der Waals surface area contributed by atoms with E-state index in [0.29, 0.717) is 17.6 Å². The van der Waals surface area contributed by atoms with Crippen molar-refractivity contribution < 1.29 is 14.3 Å². The maximum Gasteiger partial charge on any atom is 0.251 e. The molecule has 0 saturated carbocycles. The number of para-hydroxylation sites is 1. The molecule has 1 aliphatic heterocycles. The topological polar surface area (TPSA) is 55.4 Å². The van der Waals surface area contributed by atoms with Gasteiger partial charge in [-0.1, -0.05) is 23.9 Å². The van der Waals surface area contributed by atoms with Crippen LogP contribution < -0.4 is 10.1 Å². The van der Waals surface area contributed by atoms with Gasteiger partial charge in [-0.2, -0.15) is 0 Å². The number of fused-ring (bicyclic) bond motifs is 2. The van der Waals surface area contributed by atoms with Crippen LogP contribution in [-0.4, -0.2) is 18.7 Å². The standard InChI is InChI=1S/C15H11NO3S/c17-8-7-16-15(18)10-5-6-14-12(9-10)19-11-3-1-2-4-13(11)20-14/h1-6,8-9H,7H2,(H,16,18). The molecule has 4 nitrogen and oxygen atoms in total. The molecule has 0 aliphatic carbocycles. The number of nitrogens with one attached hydrogen (secondary N) is 1. The quantitative estimate of drug-likeness (QED) is 0.752. The van der Waals surface area contributed by atoms with Gasteiger partial charge in [-0.3, -0.25) is 4.79 Å². The number of hydrogen-bond acceptors (Lipinski definition) is 4. The fourth-order valence-electron chi connectivity index (χ4n) is 1.91. The lowest BCUT2D eigenvalue weighted by Gasteiger charge is -2.19. The van der Waals surface area contributed by atoms with E-state index in [1.165, 1.54) is 0 Å². The summed E-state index contributed by atoms with van der Waals surface area (Å²) in [6.45, 7) is 0.00829. The molecule has 20 heavy (non-hydrogen) atoms. The van der Waals surface area contributed by atoms with E-state index in [1.54, 1.807) is 23.9 Å². The Hall–Kier alpha value is -2.27. The van der Waals surface area contributed by atoms with Gasteiger partial charge < -0.3 is 14.8 Å². The summed E-state index contributed by atoms with van der Waals surface area (Å²) in [4.78, 5) is 24.1. The Bertz CT molecular complexity index is 685. The molecule has 1 aliphatic rings. The number of rotatable bonds is 3. The first-order valence-electron chi connectivity index (χ1n) is 6.08. The highest BCUT2D eigenvalue weighted by Crippen LogP contribution is 2.46. The van der Waals surface area contributed by atoms with E-state index in [-0.39, 0.29) is 12.5 Å². The predicted molar refractivity (Wildman–Crippen MR) is 75.5 cm³/mol. The number of aldehydes is 1. The number of carbonyl (C=O) groups excluding carboxylic acids is 2. The van der Waals surface area contributed by atoms with Crippen molar-refractivity contribution in [3.05, 3.63) is 48.0 Å². The number of carbonyl (C=O) groups is 2. The van der Waals surface area contributed by atoms with Gasteiger partial charge in [0.15, 0.2) is 0 Å².